The van der Waals surface area contributed by atoms with Crippen molar-refractivity contribution in [3.8, 4) is 0 Å². The van der Waals surface area contributed by atoms with Gasteiger partial charge in [0.25, 0.3) is 0 Å². The third-order valence-corrected chi connectivity index (χ3v) is 2.30. The van der Waals surface area contributed by atoms with Crippen LogP contribution in [-0.4, -0.2) is 16.5 Å². The first-order valence-electron chi connectivity index (χ1n) is 4.56. The molecule has 14 heavy (non-hydrogen) atoms. The maximum absolute atomic E-state index is 13.3. The summed E-state index contributed by atoms with van der Waals surface area (Å²) in [6, 6.07) is 4.87. The maximum atomic E-state index is 13.3. The summed E-state index contributed by atoms with van der Waals surface area (Å²) >= 11 is 0. The quantitative estimate of drug-likeness (QED) is 0.763. The number of rotatable bonds is 2. The molecule has 0 saturated carbocycles. The van der Waals surface area contributed by atoms with Gasteiger partial charge in [-0.2, -0.15) is 0 Å². The predicted molar refractivity (Wildman–Crippen MR) is 53.5 cm³/mol. The van der Waals surface area contributed by atoms with Gasteiger partial charge in [-0.1, -0.05) is 13.0 Å². The van der Waals surface area contributed by atoms with E-state index < -0.39 is 0 Å². The lowest BCUT2D eigenvalue weighted by atomic mass is 10.2. The minimum Gasteiger partial charge on any atom is -0.342 e. The van der Waals surface area contributed by atoms with Gasteiger partial charge in [0.15, 0.2) is 5.82 Å². The lowest BCUT2D eigenvalue weighted by molar-refractivity contribution is 0.636. The molecule has 0 aliphatic heterocycles. The Hall–Kier alpha value is -1.42. The molecule has 0 saturated heterocycles. The molecule has 0 bridgehead atoms. The Morgan fingerprint density at radius 1 is 1.57 bits per heavy atom. The van der Waals surface area contributed by atoms with E-state index in [4.69, 9.17) is 5.73 Å². The van der Waals surface area contributed by atoms with E-state index in [2.05, 4.69) is 9.97 Å². The van der Waals surface area contributed by atoms with E-state index in [0.29, 0.717) is 12.1 Å². The van der Waals surface area contributed by atoms with Crippen molar-refractivity contribution in [3.63, 3.8) is 0 Å². The van der Waals surface area contributed by atoms with Crippen LogP contribution in [0.25, 0.3) is 11.0 Å². The van der Waals surface area contributed by atoms with Crippen LogP contribution in [0.4, 0.5) is 4.39 Å². The van der Waals surface area contributed by atoms with Crippen molar-refractivity contribution in [1.82, 2.24) is 9.97 Å². The van der Waals surface area contributed by atoms with Gasteiger partial charge in [-0.05, 0) is 12.1 Å². The Bertz CT molecular complexity index is 450. The van der Waals surface area contributed by atoms with Crippen molar-refractivity contribution < 1.29 is 4.39 Å². The van der Waals surface area contributed by atoms with Gasteiger partial charge in [0, 0.05) is 12.5 Å². The molecule has 4 heteroatoms. The molecule has 1 atom stereocenters. The summed E-state index contributed by atoms with van der Waals surface area (Å²) in [6.45, 7) is 2.46. The molecule has 1 heterocycles. The van der Waals surface area contributed by atoms with E-state index in [9.17, 15) is 4.39 Å². The number of nitrogens with zero attached hydrogens (tertiary/aromatic N) is 1. The number of aromatic nitrogens is 2. The van der Waals surface area contributed by atoms with Crippen LogP contribution in [0.5, 0.6) is 0 Å². The smallest absolute Gasteiger partial charge is 0.151 e. The fraction of sp³-hybridized carbons (Fsp3) is 0.300. The van der Waals surface area contributed by atoms with E-state index >= 15 is 0 Å². The Labute approximate surface area is 81.1 Å². The molecule has 2 rings (SSSR count). The zero-order valence-electron chi connectivity index (χ0n) is 7.92. The summed E-state index contributed by atoms with van der Waals surface area (Å²) in [4.78, 5) is 7.23. The number of nitrogens with two attached hydrogens (primary N) is 1. The Balaban J connectivity index is 2.56. The van der Waals surface area contributed by atoms with Gasteiger partial charge in [-0.25, -0.2) is 9.37 Å². The van der Waals surface area contributed by atoms with Gasteiger partial charge >= 0.3 is 0 Å². The van der Waals surface area contributed by atoms with Crippen LogP contribution in [-0.2, 0) is 0 Å². The highest BCUT2D eigenvalue weighted by atomic mass is 19.1. The Morgan fingerprint density at radius 2 is 2.36 bits per heavy atom. The summed E-state index contributed by atoms with van der Waals surface area (Å²) < 4.78 is 13.3. The average Bonchev–Trinajstić information content (AvgIpc) is 2.62. The summed E-state index contributed by atoms with van der Waals surface area (Å²) in [5, 5.41) is 0. The molecule has 0 amide bonds. The fourth-order valence-electron chi connectivity index (χ4n) is 1.36. The molecule has 74 valence electrons. The van der Waals surface area contributed by atoms with Crippen LogP contribution in [0, 0.1) is 5.82 Å². The molecule has 3 N–H and O–H groups in total. The summed E-state index contributed by atoms with van der Waals surface area (Å²) in [7, 11) is 0. The SMILES string of the molecule is C[C@@H](CN)c1nc2c(F)cccc2[nH]1. The number of fused-ring (bicyclic) bond motifs is 1. The minimum atomic E-state index is -0.297. The van der Waals surface area contributed by atoms with Crippen molar-refractivity contribution in [3.05, 3.63) is 29.8 Å². The number of aromatic amines is 1. The molecule has 0 spiro atoms. The van der Waals surface area contributed by atoms with Crippen molar-refractivity contribution in [2.45, 2.75) is 12.8 Å². The van der Waals surface area contributed by atoms with E-state index in [1.807, 2.05) is 6.92 Å². The number of hydrogen-bond donors (Lipinski definition) is 2. The first-order chi connectivity index (χ1) is 6.72. The average molecular weight is 193 g/mol. The molecule has 0 unspecified atom stereocenters. The number of halogens is 1. The molecule has 2 aromatic rings. The highest BCUT2D eigenvalue weighted by molar-refractivity contribution is 5.75. The van der Waals surface area contributed by atoms with Crippen LogP contribution < -0.4 is 5.73 Å². The fourth-order valence-corrected chi connectivity index (χ4v) is 1.36. The molecule has 0 fully saturated rings. The summed E-state index contributed by atoms with van der Waals surface area (Å²) in [6.07, 6.45) is 0. The third-order valence-electron chi connectivity index (χ3n) is 2.30. The van der Waals surface area contributed by atoms with Crippen LogP contribution in [0.2, 0.25) is 0 Å². The van der Waals surface area contributed by atoms with E-state index in [1.165, 1.54) is 6.07 Å². The predicted octanol–water partition coefficient (Wildman–Crippen LogP) is 1.76. The van der Waals surface area contributed by atoms with Gasteiger partial charge in [0.1, 0.15) is 11.3 Å². The summed E-state index contributed by atoms with van der Waals surface area (Å²) in [5.41, 5.74) is 6.62. The largest absolute Gasteiger partial charge is 0.342 e. The Morgan fingerprint density at radius 3 is 3.00 bits per heavy atom. The first kappa shape index (κ1) is 9.15. The molecule has 3 nitrogen and oxygen atoms in total. The number of hydrogen-bond acceptors (Lipinski definition) is 2. The second kappa shape index (κ2) is 3.38. The van der Waals surface area contributed by atoms with Crippen LogP contribution in [0.3, 0.4) is 0 Å². The molecular weight excluding hydrogens is 181 g/mol. The van der Waals surface area contributed by atoms with Crippen LogP contribution in [0.15, 0.2) is 18.2 Å². The highest BCUT2D eigenvalue weighted by Crippen LogP contribution is 2.18. The highest BCUT2D eigenvalue weighted by Gasteiger charge is 2.10. The zero-order valence-corrected chi connectivity index (χ0v) is 7.92. The standard InChI is InChI=1S/C10H12FN3/c1-6(5-12)10-13-8-4-2-3-7(11)9(8)14-10/h2-4,6H,5,12H2,1H3,(H,13,14)/t6-/m0/s1. The van der Waals surface area contributed by atoms with E-state index in [0.717, 1.165) is 11.3 Å². The number of nitrogens with one attached hydrogen (secondary N) is 1. The third kappa shape index (κ3) is 1.37. The molecule has 1 aromatic heterocycles. The topological polar surface area (TPSA) is 54.7 Å². The number of H-pyrrole nitrogens is 1. The minimum absolute atomic E-state index is 0.127. The number of benzene rings is 1. The van der Waals surface area contributed by atoms with Crippen molar-refractivity contribution in [2.24, 2.45) is 5.73 Å². The normalized spacial score (nSPS) is 13.4. The molecular formula is C10H12FN3. The maximum Gasteiger partial charge on any atom is 0.151 e. The first-order valence-corrected chi connectivity index (χ1v) is 4.56. The van der Waals surface area contributed by atoms with Crippen molar-refractivity contribution >= 4 is 11.0 Å². The van der Waals surface area contributed by atoms with Crippen molar-refractivity contribution in [1.29, 1.82) is 0 Å². The molecule has 1 aromatic carbocycles. The second-order valence-electron chi connectivity index (χ2n) is 3.39. The van der Waals surface area contributed by atoms with E-state index in [1.54, 1.807) is 12.1 Å². The van der Waals surface area contributed by atoms with Crippen molar-refractivity contribution in [2.75, 3.05) is 6.54 Å². The van der Waals surface area contributed by atoms with Gasteiger partial charge in [0.05, 0.1) is 5.52 Å². The van der Waals surface area contributed by atoms with Crippen LogP contribution in [0.1, 0.15) is 18.7 Å². The summed E-state index contributed by atoms with van der Waals surface area (Å²) in [5.74, 6) is 0.573. The van der Waals surface area contributed by atoms with Gasteiger partial charge in [-0.3, -0.25) is 0 Å². The van der Waals surface area contributed by atoms with Gasteiger partial charge in [0.2, 0.25) is 0 Å². The Kier molecular flexibility index (Phi) is 2.21. The number of para-hydroxylation sites is 1. The lowest BCUT2D eigenvalue weighted by Gasteiger charge is -2.01. The molecule has 0 aliphatic carbocycles. The monoisotopic (exact) mass is 193 g/mol. The van der Waals surface area contributed by atoms with E-state index in [-0.39, 0.29) is 11.7 Å². The lowest BCUT2D eigenvalue weighted by Crippen LogP contribution is -2.10. The van der Waals surface area contributed by atoms with Gasteiger partial charge in [-0.15, -0.1) is 0 Å². The van der Waals surface area contributed by atoms with Gasteiger partial charge < -0.3 is 10.7 Å². The second-order valence-corrected chi connectivity index (χ2v) is 3.39. The molecule has 0 radical (unpaired) electrons. The zero-order chi connectivity index (χ0) is 10.1. The number of imidazole rings is 1. The van der Waals surface area contributed by atoms with Crippen LogP contribution >= 0.6 is 0 Å². The molecule has 0 aliphatic rings.